The van der Waals surface area contributed by atoms with Gasteiger partial charge in [0.15, 0.2) is 6.61 Å². The van der Waals surface area contributed by atoms with Crippen LogP contribution >= 0.6 is 0 Å². The highest BCUT2D eigenvalue weighted by Gasteiger charge is 2.17. The molecule has 0 radical (unpaired) electrons. The number of nitrogens with zero attached hydrogens (tertiary/aromatic N) is 1. The number of hydrogen-bond acceptors (Lipinski definition) is 4. The Morgan fingerprint density at radius 2 is 1.80 bits per heavy atom. The average molecular weight is 341 g/mol. The van der Waals surface area contributed by atoms with Gasteiger partial charge in [0.2, 0.25) is 0 Å². The van der Waals surface area contributed by atoms with Crippen LogP contribution in [0.25, 0.3) is 0 Å². The van der Waals surface area contributed by atoms with Crippen LogP contribution in [0.4, 0.5) is 16.2 Å². The molecule has 0 spiro atoms. The number of para-hydroxylation sites is 1. The fourth-order valence-electron chi connectivity index (χ4n) is 2.27. The number of urea groups is 1. The second-order valence-electron chi connectivity index (χ2n) is 5.12. The summed E-state index contributed by atoms with van der Waals surface area (Å²) < 4.78 is 5.08. The summed E-state index contributed by atoms with van der Waals surface area (Å²) in [6.07, 6.45) is 0. The fraction of sp³-hybridized carbons (Fsp3) is 0.167. The molecule has 0 bridgehead atoms. The molecule has 3 amide bonds. The molecule has 0 fully saturated rings. The topological polar surface area (TPSA) is 102 Å². The van der Waals surface area contributed by atoms with Gasteiger partial charge in [0.05, 0.1) is 5.56 Å². The number of rotatable bonds is 6. The van der Waals surface area contributed by atoms with Crippen LogP contribution in [-0.2, 0) is 9.53 Å². The molecule has 2 aromatic rings. The largest absolute Gasteiger partial charge is 0.452 e. The summed E-state index contributed by atoms with van der Waals surface area (Å²) in [6, 6.07) is 14.5. The SMILES string of the molecule is CCN(C(=O)COC(=O)c1cccc(NC(N)=O)c1)c1ccccc1. The molecular formula is C18H19N3O4. The normalized spacial score (nSPS) is 9.96. The predicted octanol–water partition coefficient (Wildman–Crippen LogP) is 2.39. The number of hydrogen-bond donors (Lipinski definition) is 2. The third kappa shape index (κ3) is 5.07. The van der Waals surface area contributed by atoms with Crippen molar-refractivity contribution >= 4 is 29.3 Å². The van der Waals surface area contributed by atoms with Crippen LogP contribution in [0, 0.1) is 0 Å². The summed E-state index contributed by atoms with van der Waals surface area (Å²) in [7, 11) is 0. The molecule has 2 aromatic carbocycles. The number of nitrogens with two attached hydrogens (primary N) is 1. The molecule has 0 aromatic heterocycles. The van der Waals surface area contributed by atoms with Crippen LogP contribution < -0.4 is 16.0 Å². The van der Waals surface area contributed by atoms with Crippen LogP contribution in [-0.4, -0.2) is 31.1 Å². The fourth-order valence-corrected chi connectivity index (χ4v) is 2.27. The zero-order valence-corrected chi connectivity index (χ0v) is 13.8. The highest BCUT2D eigenvalue weighted by Crippen LogP contribution is 2.14. The van der Waals surface area contributed by atoms with Gasteiger partial charge in [-0.25, -0.2) is 9.59 Å². The molecule has 0 aliphatic rings. The minimum atomic E-state index is -0.734. The lowest BCUT2D eigenvalue weighted by Gasteiger charge is -2.20. The zero-order chi connectivity index (χ0) is 18.2. The number of carbonyl (C=O) groups excluding carboxylic acids is 3. The number of likely N-dealkylation sites (N-methyl/N-ethyl adjacent to an activating group) is 1. The first-order chi connectivity index (χ1) is 12.0. The minimum absolute atomic E-state index is 0.210. The van der Waals surface area contributed by atoms with Crippen LogP contribution in [0.5, 0.6) is 0 Å². The lowest BCUT2D eigenvalue weighted by Crippen LogP contribution is -2.34. The first-order valence-corrected chi connectivity index (χ1v) is 7.70. The van der Waals surface area contributed by atoms with Gasteiger partial charge in [0.1, 0.15) is 0 Å². The van der Waals surface area contributed by atoms with Crippen molar-refractivity contribution in [2.75, 3.05) is 23.4 Å². The monoisotopic (exact) mass is 341 g/mol. The van der Waals surface area contributed by atoms with Gasteiger partial charge in [-0.3, -0.25) is 4.79 Å². The predicted molar refractivity (Wildman–Crippen MR) is 94.4 cm³/mol. The molecule has 2 rings (SSSR count). The van der Waals surface area contributed by atoms with Gasteiger partial charge in [-0.15, -0.1) is 0 Å². The van der Waals surface area contributed by atoms with Crippen molar-refractivity contribution in [3.05, 3.63) is 60.2 Å². The van der Waals surface area contributed by atoms with Gasteiger partial charge in [-0.05, 0) is 37.3 Å². The van der Waals surface area contributed by atoms with E-state index in [9.17, 15) is 14.4 Å². The van der Waals surface area contributed by atoms with E-state index in [4.69, 9.17) is 10.5 Å². The summed E-state index contributed by atoms with van der Waals surface area (Å²) in [6.45, 7) is 1.92. The smallest absolute Gasteiger partial charge is 0.338 e. The van der Waals surface area contributed by atoms with Crippen molar-refractivity contribution in [3.63, 3.8) is 0 Å². The van der Waals surface area contributed by atoms with Crippen molar-refractivity contribution in [2.24, 2.45) is 5.73 Å². The molecule has 130 valence electrons. The number of primary amides is 1. The third-order valence-corrected chi connectivity index (χ3v) is 3.38. The second-order valence-corrected chi connectivity index (χ2v) is 5.12. The van der Waals surface area contributed by atoms with Crippen LogP contribution in [0.3, 0.4) is 0 Å². The molecule has 25 heavy (non-hydrogen) atoms. The Hall–Kier alpha value is -3.35. The zero-order valence-electron chi connectivity index (χ0n) is 13.8. The molecule has 7 nitrogen and oxygen atoms in total. The van der Waals surface area contributed by atoms with Gasteiger partial charge in [0, 0.05) is 17.9 Å². The summed E-state index contributed by atoms with van der Waals surface area (Å²) in [4.78, 5) is 36.8. The van der Waals surface area contributed by atoms with E-state index in [0.717, 1.165) is 5.69 Å². The molecule has 0 atom stereocenters. The number of benzene rings is 2. The molecule has 0 heterocycles. The number of ether oxygens (including phenoxy) is 1. The number of anilines is 2. The Labute approximate surface area is 145 Å². The Morgan fingerprint density at radius 3 is 2.44 bits per heavy atom. The second kappa shape index (κ2) is 8.49. The molecule has 3 N–H and O–H groups in total. The molecule has 0 saturated heterocycles. The van der Waals surface area contributed by atoms with Gasteiger partial charge in [0.25, 0.3) is 5.91 Å². The van der Waals surface area contributed by atoms with E-state index in [-0.39, 0.29) is 18.1 Å². The van der Waals surface area contributed by atoms with Crippen molar-refractivity contribution in [1.82, 2.24) is 0 Å². The highest BCUT2D eigenvalue weighted by atomic mass is 16.5. The molecule has 0 saturated carbocycles. The van der Waals surface area contributed by atoms with Gasteiger partial charge >= 0.3 is 12.0 Å². The summed E-state index contributed by atoms with van der Waals surface area (Å²) >= 11 is 0. The van der Waals surface area contributed by atoms with E-state index in [0.29, 0.717) is 12.2 Å². The van der Waals surface area contributed by atoms with Crippen molar-refractivity contribution in [2.45, 2.75) is 6.92 Å². The van der Waals surface area contributed by atoms with Gasteiger partial charge in [-0.1, -0.05) is 24.3 Å². The summed E-state index contributed by atoms with van der Waals surface area (Å²) in [5.41, 5.74) is 6.35. The average Bonchev–Trinajstić information content (AvgIpc) is 2.61. The quantitative estimate of drug-likeness (QED) is 0.788. The van der Waals surface area contributed by atoms with Crippen LogP contribution in [0.1, 0.15) is 17.3 Å². The van der Waals surface area contributed by atoms with Gasteiger partial charge < -0.3 is 20.7 Å². The van der Waals surface area contributed by atoms with E-state index in [1.54, 1.807) is 12.1 Å². The maximum absolute atomic E-state index is 12.3. The molecule has 0 unspecified atom stereocenters. The maximum atomic E-state index is 12.3. The molecule has 0 aliphatic carbocycles. The standard InChI is InChI=1S/C18H19N3O4/c1-2-21(15-9-4-3-5-10-15)16(22)12-25-17(23)13-7-6-8-14(11-13)20-18(19)24/h3-11H,2,12H2,1H3,(H3,19,20,24). The Morgan fingerprint density at radius 1 is 1.08 bits per heavy atom. The van der Waals surface area contributed by atoms with Crippen molar-refractivity contribution in [3.8, 4) is 0 Å². The lowest BCUT2D eigenvalue weighted by atomic mass is 10.2. The van der Waals surface area contributed by atoms with E-state index in [2.05, 4.69) is 5.32 Å². The lowest BCUT2D eigenvalue weighted by molar-refractivity contribution is -0.121. The van der Waals surface area contributed by atoms with Gasteiger partial charge in [-0.2, -0.15) is 0 Å². The number of amides is 3. The van der Waals surface area contributed by atoms with Crippen molar-refractivity contribution in [1.29, 1.82) is 0 Å². The first kappa shape index (κ1) is 18.0. The van der Waals surface area contributed by atoms with Crippen LogP contribution in [0.2, 0.25) is 0 Å². The summed E-state index contributed by atoms with van der Waals surface area (Å²) in [5, 5.41) is 2.37. The first-order valence-electron chi connectivity index (χ1n) is 7.70. The molecular weight excluding hydrogens is 322 g/mol. The number of carbonyl (C=O) groups is 3. The number of nitrogens with one attached hydrogen (secondary N) is 1. The van der Waals surface area contributed by atoms with E-state index < -0.39 is 12.0 Å². The van der Waals surface area contributed by atoms with E-state index in [1.807, 2.05) is 37.3 Å². The Balaban J connectivity index is 1.99. The van der Waals surface area contributed by atoms with E-state index >= 15 is 0 Å². The Bertz CT molecular complexity index is 762. The highest BCUT2D eigenvalue weighted by molar-refractivity contribution is 5.97. The molecule has 0 aliphatic heterocycles. The number of esters is 1. The van der Waals surface area contributed by atoms with Crippen LogP contribution in [0.15, 0.2) is 54.6 Å². The van der Waals surface area contributed by atoms with E-state index in [1.165, 1.54) is 17.0 Å². The maximum Gasteiger partial charge on any atom is 0.338 e. The summed E-state index contributed by atoms with van der Waals surface area (Å²) in [5.74, 6) is -0.987. The Kier molecular flexibility index (Phi) is 6.11. The van der Waals surface area contributed by atoms with Crippen molar-refractivity contribution < 1.29 is 19.1 Å². The molecule has 7 heteroatoms. The third-order valence-electron chi connectivity index (χ3n) is 3.38. The minimum Gasteiger partial charge on any atom is -0.452 e.